The number of H-pyrrole nitrogens is 1. The Hall–Kier alpha value is -2.09. The van der Waals surface area contributed by atoms with Crippen molar-refractivity contribution < 1.29 is 17.2 Å². The summed E-state index contributed by atoms with van der Waals surface area (Å²) in [5.41, 5.74) is 0.469. The van der Waals surface area contributed by atoms with E-state index in [4.69, 9.17) is 5.14 Å². The average Bonchev–Trinajstić information content (AvgIpc) is 2.99. The van der Waals surface area contributed by atoms with Crippen molar-refractivity contribution in [2.45, 2.75) is 17.3 Å². The third-order valence-corrected chi connectivity index (χ3v) is 6.18. The molecular weight excluding hydrogens is 432 g/mol. The van der Waals surface area contributed by atoms with Gasteiger partial charge < -0.3 is 5.32 Å². The van der Waals surface area contributed by atoms with E-state index in [1.165, 1.54) is 12.1 Å². The van der Waals surface area contributed by atoms with Crippen LogP contribution in [0.15, 0.2) is 28.2 Å². The number of anilines is 1. The number of halogens is 2. The van der Waals surface area contributed by atoms with Crippen LogP contribution in [0.5, 0.6) is 0 Å². The largest absolute Gasteiger partial charge is 0.369 e. The molecule has 0 atom stereocenters. The summed E-state index contributed by atoms with van der Waals surface area (Å²) in [7, 11) is -3.57. The molecule has 2 aromatic heterocycles. The molecule has 3 aromatic rings. The van der Waals surface area contributed by atoms with Crippen molar-refractivity contribution >= 4 is 49.3 Å². The number of thiazole rings is 1. The third kappa shape index (κ3) is 5.25. The van der Waals surface area contributed by atoms with E-state index in [0.29, 0.717) is 16.2 Å². The predicted octanol–water partition coefficient (Wildman–Crippen LogP) is 2.04. The van der Waals surface area contributed by atoms with Gasteiger partial charge in [0.15, 0.2) is 22.4 Å². The monoisotopic (exact) mass is 447 g/mol. The first-order valence-corrected chi connectivity index (χ1v) is 11.5. The van der Waals surface area contributed by atoms with Crippen molar-refractivity contribution in [1.29, 1.82) is 0 Å². The van der Waals surface area contributed by atoms with Gasteiger partial charge in [-0.25, -0.2) is 32.3 Å². The first-order valence-electron chi connectivity index (χ1n) is 7.94. The van der Waals surface area contributed by atoms with Gasteiger partial charge >= 0.3 is 4.87 Å². The van der Waals surface area contributed by atoms with Gasteiger partial charge in [-0.05, 0) is 12.5 Å². The topological polar surface area (TPSA) is 131 Å². The van der Waals surface area contributed by atoms with Crippen LogP contribution in [0.2, 0.25) is 0 Å². The highest BCUT2D eigenvalue weighted by molar-refractivity contribution is 7.98. The van der Waals surface area contributed by atoms with Crippen molar-refractivity contribution in [2.24, 2.45) is 5.14 Å². The molecule has 0 aliphatic rings. The van der Waals surface area contributed by atoms with Crippen molar-refractivity contribution in [3.05, 3.63) is 45.1 Å². The highest BCUT2D eigenvalue weighted by Gasteiger charge is 2.14. The van der Waals surface area contributed by atoms with E-state index >= 15 is 0 Å². The Kier molecular flexibility index (Phi) is 6.27. The fourth-order valence-electron chi connectivity index (χ4n) is 2.29. The average molecular weight is 448 g/mol. The van der Waals surface area contributed by atoms with Gasteiger partial charge in [-0.3, -0.25) is 9.78 Å². The summed E-state index contributed by atoms with van der Waals surface area (Å²) < 4.78 is 49.6. The normalized spacial score (nSPS) is 11.8. The minimum absolute atomic E-state index is 0.0916. The second kappa shape index (κ2) is 8.51. The van der Waals surface area contributed by atoms with Gasteiger partial charge in [-0.15, -0.1) is 0 Å². The molecular formula is C15H15F2N5O3S3. The molecule has 8 nitrogen and oxygen atoms in total. The number of hydrogen-bond acceptors (Lipinski definition) is 8. The molecule has 0 fully saturated rings. The lowest BCUT2D eigenvalue weighted by molar-refractivity contribution is 0.502. The van der Waals surface area contributed by atoms with E-state index in [0.717, 1.165) is 29.2 Å². The summed E-state index contributed by atoms with van der Waals surface area (Å²) in [5.74, 6) is -1.62. The molecule has 0 spiro atoms. The first-order chi connectivity index (χ1) is 13.2. The number of benzene rings is 1. The number of nitrogens with one attached hydrogen (secondary N) is 2. The van der Waals surface area contributed by atoms with E-state index < -0.39 is 21.7 Å². The molecule has 0 amide bonds. The Morgan fingerprint density at radius 1 is 1.29 bits per heavy atom. The second-order valence-corrected chi connectivity index (χ2v) is 9.36. The lowest BCUT2D eigenvalue weighted by atomic mass is 10.2. The Labute approximate surface area is 166 Å². The van der Waals surface area contributed by atoms with Gasteiger partial charge in [0, 0.05) is 17.9 Å². The van der Waals surface area contributed by atoms with E-state index in [1.54, 1.807) is 0 Å². The quantitative estimate of drug-likeness (QED) is 0.274. The van der Waals surface area contributed by atoms with Crippen LogP contribution in [-0.4, -0.2) is 35.7 Å². The van der Waals surface area contributed by atoms with Crippen LogP contribution >= 0.6 is 23.1 Å². The van der Waals surface area contributed by atoms with Gasteiger partial charge in [0.25, 0.3) is 0 Å². The third-order valence-electron chi connectivity index (χ3n) is 3.55. The van der Waals surface area contributed by atoms with Crippen molar-refractivity contribution in [1.82, 2.24) is 15.0 Å². The zero-order valence-electron chi connectivity index (χ0n) is 14.2. The van der Waals surface area contributed by atoms with Gasteiger partial charge in [-0.1, -0.05) is 35.2 Å². The molecule has 0 radical (unpaired) electrons. The number of primary sulfonamides is 1. The van der Waals surface area contributed by atoms with Crippen LogP contribution in [0.25, 0.3) is 10.3 Å². The van der Waals surface area contributed by atoms with E-state index in [2.05, 4.69) is 20.3 Å². The maximum atomic E-state index is 13.8. The maximum absolute atomic E-state index is 13.8. The molecule has 0 saturated heterocycles. The molecule has 2 heterocycles. The molecule has 13 heteroatoms. The van der Waals surface area contributed by atoms with Crippen molar-refractivity contribution in [3.8, 4) is 0 Å². The molecule has 28 heavy (non-hydrogen) atoms. The summed E-state index contributed by atoms with van der Waals surface area (Å²) in [6.07, 6.45) is 0.251. The van der Waals surface area contributed by atoms with E-state index in [9.17, 15) is 22.0 Å². The van der Waals surface area contributed by atoms with Crippen LogP contribution in [0.1, 0.15) is 12.0 Å². The molecule has 1 aromatic carbocycles. The molecule has 0 aliphatic carbocycles. The lowest BCUT2D eigenvalue weighted by Gasteiger charge is -2.08. The number of nitrogens with two attached hydrogens (primary N) is 1. The Morgan fingerprint density at radius 3 is 2.82 bits per heavy atom. The minimum atomic E-state index is -3.57. The van der Waals surface area contributed by atoms with Crippen LogP contribution in [0.4, 0.5) is 14.6 Å². The summed E-state index contributed by atoms with van der Waals surface area (Å²) in [4.78, 5) is 22.4. The van der Waals surface area contributed by atoms with E-state index in [-0.39, 0.29) is 40.1 Å². The highest BCUT2D eigenvalue weighted by Crippen LogP contribution is 2.28. The standard InChI is InChI=1S/C15H15F2N5O3S3/c16-9-4-1-3-8(10(9)17)7-26-14-20-12(19-5-2-6-28(18,24)25)11-13(21-14)22-15(23)27-11/h1,3-4H,2,5-7H2,(H2,18,24,25)(H2,19,20,21,22,23). The minimum Gasteiger partial charge on any atom is -0.369 e. The number of sulfonamides is 1. The summed E-state index contributed by atoms with van der Waals surface area (Å²) in [5, 5.41) is 8.18. The SMILES string of the molecule is NS(=O)(=O)CCCNc1nc(SCc2cccc(F)c2F)nc2[nH]c(=O)sc12. The molecule has 0 unspecified atom stereocenters. The van der Waals surface area contributed by atoms with Crippen LogP contribution < -0.4 is 15.3 Å². The molecule has 3 rings (SSSR count). The number of fused-ring (bicyclic) bond motifs is 1. The zero-order valence-corrected chi connectivity index (χ0v) is 16.7. The Balaban J connectivity index is 1.79. The van der Waals surface area contributed by atoms with Gasteiger partial charge in [0.1, 0.15) is 10.5 Å². The zero-order chi connectivity index (χ0) is 20.3. The molecule has 0 saturated carbocycles. The Bertz CT molecular complexity index is 1160. The van der Waals surface area contributed by atoms with Crippen molar-refractivity contribution in [2.75, 3.05) is 17.6 Å². The van der Waals surface area contributed by atoms with Gasteiger partial charge in [0.05, 0.1) is 5.75 Å². The number of rotatable bonds is 8. The number of aromatic nitrogens is 3. The van der Waals surface area contributed by atoms with Crippen LogP contribution in [-0.2, 0) is 15.8 Å². The predicted molar refractivity (Wildman–Crippen MR) is 105 cm³/mol. The first kappa shape index (κ1) is 20.6. The van der Waals surface area contributed by atoms with Crippen LogP contribution in [0, 0.1) is 11.6 Å². The molecule has 4 N–H and O–H groups in total. The molecule has 0 bridgehead atoms. The molecule has 0 aliphatic heterocycles. The smallest absolute Gasteiger partial charge is 0.306 e. The van der Waals surface area contributed by atoms with Gasteiger partial charge in [0.2, 0.25) is 10.0 Å². The number of aromatic amines is 1. The Morgan fingerprint density at radius 2 is 2.07 bits per heavy atom. The summed E-state index contributed by atoms with van der Waals surface area (Å²) in [6, 6.07) is 3.90. The fourth-order valence-corrected chi connectivity index (χ4v) is 4.40. The maximum Gasteiger partial charge on any atom is 0.306 e. The number of nitrogens with zero attached hydrogens (tertiary/aromatic N) is 2. The van der Waals surface area contributed by atoms with E-state index in [1.807, 2.05) is 0 Å². The number of thioether (sulfide) groups is 1. The summed E-state index contributed by atoms with van der Waals surface area (Å²) in [6.45, 7) is 0.261. The molecule has 150 valence electrons. The summed E-state index contributed by atoms with van der Waals surface area (Å²) >= 11 is 1.99. The highest BCUT2D eigenvalue weighted by atomic mass is 32.2. The van der Waals surface area contributed by atoms with Crippen molar-refractivity contribution in [3.63, 3.8) is 0 Å². The number of hydrogen-bond donors (Lipinski definition) is 3. The van der Waals surface area contributed by atoms with Crippen LogP contribution in [0.3, 0.4) is 0 Å². The lowest BCUT2D eigenvalue weighted by Crippen LogP contribution is -2.19. The second-order valence-electron chi connectivity index (χ2n) is 5.70. The van der Waals surface area contributed by atoms with Gasteiger partial charge in [-0.2, -0.15) is 0 Å². The fraction of sp³-hybridized carbons (Fsp3) is 0.267.